The Kier molecular flexibility index (Phi) is 5.03. The molecule has 3 rings (SSSR count). The number of aliphatic hydroxyl groups excluding tert-OH is 1. The number of hydrogen-bond acceptors (Lipinski definition) is 4. The molecule has 2 unspecified atom stereocenters. The first-order valence-electron chi connectivity index (χ1n) is 7.88. The van der Waals surface area contributed by atoms with Crippen molar-refractivity contribution in [1.29, 1.82) is 0 Å². The minimum absolute atomic E-state index is 0.0690. The molecule has 0 saturated carbocycles. The lowest BCUT2D eigenvalue weighted by molar-refractivity contribution is 0.323. The Hall–Kier alpha value is -1.78. The fourth-order valence-electron chi connectivity index (χ4n) is 2.74. The van der Waals surface area contributed by atoms with Gasteiger partial charge < -0.3 is 10.4 Å². The minimum Gasteiger partial charge on any atom is -0.396 e. The highest BCUT2D eigenvalue weighted by molar-refractivity contribution is 8.13. The summed E-state index contributed by atoms with van der Waals surface area (Å²) in [4.78, 5) is 4.86. The Morgan fingerprint density at radius 1 is 0.957 bits per heavy atom. The van der Waals surface area contributed by atoms with Crippen molar-refractivity contribution in [2.75, 3.05) is 12.4 Å². The van der Waals surface area contributed by atoms with Crippen molar-refractivity contribution in [1.82, 2.24) is 5.32 Å². The van der Waals surface area contributed by atoms with Gasteiger partial charge in [-0.05, 0) is 25.0 Å². The molecule has 3 nitrogen and oxygen atoms in total. The van der Waals surface area contributed by atoms with Crippen LogP contribution in [0.2, 0.25) is 0 Å². The zero-order chi connectivity index (χ0) is 16.2. The Morgan fingerprint density at radius 3 is 2.09 bits per heavy atom. The standard InChI is InChI=1S/C19H22N2OS/c1-13-3-7-15(8-4-13)17-18(16-9-5-14(2)6-10-16)21-19(20-17)23-12-11-22/h3-10,17-18,22H,11-12H2,1-2H3,(H,20,21). The van der Waals surface area contributed by atoms with E-state index in [-0.39, 0.29) is 18.7 Å². The molecule has 0 aromatic heterocycles. The van der Waals surface area contributed by atoms with Gasteiger partial charge in [-0.3, -0.25) is 4.99 Å². The van der Waals surface area contributed by atoms with Crippen LogP contribution in [0, 0.1) is 13.8 Å². The first-order valence-corrected chi connectivity index (χ1v) is 8.87. The SMILES string of the molecule is Cc1ccc(C2N=C(SCCO)NC2c2ccc(C)cc2)cc1. The predicted molar refractivity (Wildman–Crippen MR) is 98.0 cm³/mol. The molecule has 2 aromatic rings. The Bertz CT molecular complexity index is 680. The molecule has 0 bridgehead atoms. The molecule has 2 N–H and O–H groups in total. The summed E-state index contributed by atoms with van der Waals surface area (Å²) in [6.07, 6.45) is 0. The highest BCUT2D eigenvalue weighted by Crippen LogP contribution is 2.37. The summed E-state index contributed by atoms with van der Waals surface area (Å²) < 4.78 is 0. The van der Waals surface area contributed by atoms with Gasteiger partial charge in [-0.1, -0.05) is 71.4 Å². The molecule has 120 valence electrons. The first kappa shape index (κ1) is 16.1. The van der Waals surface area contributed by atoms with E-state index in [4.69, 9.17) is 10.1 Å². The van der Waals surface area contributed by atoms with E-state index >= 15 is 0 Å². The van der Waals surface area contributed by atoms with Crippen molar-refractivity contribution in [2.45, 2.75) is 25.9 Å². The van der Waals surface area contributed by atoms with Gasteiger partial charge in [0.15, 0.2) is 5.17 Å². The third kappa shape index (κ3) is 3.77. The largest absolute Gasteiger partial charge is 0.396 e. The molecular weight excluding hydrogens is 304 g/mol. The van der Waals surface area contributed by atoms with Crippen LogP contribution in [0.15, 0.2) is 53.5 Å². The fraction of sp³-hybridized carbons (Fsp3) is 0.316. The monoisotopic (exact) mass is 326 g/mol. The lowest BCUT2D eigenvalue weighted by atomic mass is 9.94. The Labute approximate surface area is 141 Å². The zero-order valence-electron chi connectivity index (χ0n) is 13.5. The highest BCUT2D eigenvalue weighted by Gasteiger charge is 2.31. The average Bonchev–Trinajstić information content (AvgIpc) is 2.98. The van der Waals surface area contributed by atoms with Crippen LogP contribution < -0.4 is 5.32 Å². The number of amidine groups is 1. The maximum Gasteiger partial charge on any atom is 0.157 e. The summed E-state index contributed by atoms with van der Waals surface area (Å²) in [7, 11) is 0. The van der Waals surface area contributed by atoms with Crippen LogP contribution in [0.5, 0.6) is 0 Å². The fourth-order valence-corrected chi connectivity index (χ4v) is 3.42. The number of benzene rings is 2. The second-order valence-corrected chi connectivity index (χ2v) is 6.98. The molecule has 0 amide bonds. The Balaban J connectivity index is 1.90. The van der Waals surface area contributed by atoms with Gasteiger partial charge in [0.25, 0.3) is 0 Å². The molecule has 0 fully saturated rings. The molecule has 2 aromatic carbocycles. The highest BCUT2D eigenvalue weighted by atomic mass is 32.2. The number of thioether (sulfide) groups is 1. The number of nitrogens with one attached hydrogen (secondary N) is 1. The number of aliphatic hydroxyl groups is 1. The third-order valence-electron chi connectivity index (χ3n) is 4.04. The van der Waals surface area contributed by atoms with Crippen LogP contribution >= 0.6 is 11.8 Å². The van der Waals surface area contributed by atoms with E-state index in [0.29, 0.717) is 5.75 Å². The molecule has 0 spiro atoms. The first-order chi connectivity index (χ1) is 11.2. The quantitative estimate of drug-likeness (QED) is 0.899. The summed E-state index contributed by atoms with van der Waals surface area (Å²) in [5.74, 6) is 0.660. The summed E-state index contributed by atoms with van der Waals surface area (Å²) in [6, 6.07) is 17.4. The summed E-state index contributed by atoms with van der Waals surface area (Å²) in [5.41, 5.74) is 4.97. The number of aliphatic imine (C=N–C) groups is 1. The molecule has 2 atom stereocenters. The van der Waals surface area contributed by atoms with Crippen molar-refractivity contribution in [3.05, 3.63) is 70.8 Å². The van der Waals surface area contributed by atoms with E-state index in [1.165, 1.54) is 22.3 Å². The molecule has 23 heavy (non-hydrogen) atoms. The molecule has 1 aliphatic heterocycles. The van der Waals surface area contributed by atoms with Crippen molar-refractivity contribution < 1.29 is 5.11 Å². The lowest BCUT2D eigenvalue weighted by Gasteiger charge is -2.20. The number of hydrogen-bond donors (Lipinski definition) is 2. The molecule has 0 radical (unpaired) electrons. The zero-order valence-corrected chi connectivity index (χ0v) is 14.3. The topological polar surface area (TPSA) is 44.6 Å². The van der Waals surface area contributed by atoms with E-state index in [0.717, 1.165) is 5.17 Å². The number of nitrogens with zero attached hydrogens (tertiary/aromatic N) is 1. The molecule has 1 aliphatic rings. The second kappa shape index (κ2) is 7.20. The molecular formula is C19H22N2OS. The van der Waals surface area contributed by atoms with Crippen LogP contribution in [0.3, 0.4) is 0 Å². The average molecular weight is 326 g/mol. The smallest absolute Gasteiger partial charge is 0.157 e. The number of rotatable bonds is 4. The third-order valence-corrected chi connectivity index (χ3v) is 4.92. The van der Waals surface area contributed by atoms with Gasteiger partial charge in [0, 0.05) is 5.75 Å². The second-order valence-electron chi connectivity index (χ2n) is 5.89. The van der Waals surface area contributed by atoms with E-state index in [9.17, 15) is 0 Å². The van der Waals surface area contributed by atoms with Gasteiger partial charge in [-0.15, -0.1) is 0 Å². The maximum absolute atomic E-state index is 9.05. The molecule has 0 aliphatic carbocycles. The van der Waals surface area contributed by atoms with Crippen molar-refractivity contribution >= 4 is 16.9 Å². The summed E-state index contributed by atoms with van der Waals surface area (Å²) >= 11 is 1.58. The van der Waals surface area contributed by atoms with E-state index < -0.39 is 0 Å². The van der Waals surface area contributed by atoms with Crippen LogP contribution in [-0.2, 0) is 0 Å². The number of aryl methyl sites for hydroxylation is 2. The van der Waals surface area contributed by atoms with E-state index in [2.05, 4.69) is 67.7 Å². The van der Waals surface area contributed by atoms with Crippen molar-refractivity contribution in [3.8, 4) is 0 Å². The Morgan fingerprint density at radius 2 is 1.52 bits per heavy atom. The lowest BCUT2D eigenvalue weighted by Crippen LogP contribution is -2.23. The minimum atomic E-state index is 0.0690. The van der Waals surface area contributed by atoms with E-state index in [1.807, 2.05) is 0 Å². The van der Waals surface area contributed by atoms with Crippen molar-refractivity contribution in [2.24, 2.45) is 4.99 Å². The van der Waals surface area contributed by atoms with E-state index in [1.54, 1.807) is 11.8 Å². The van der Waals surface area contributed by atoms with Crippen molar-refractivity contribution in [3.63, 3.8) is 0 Å². The van der Waals surface area contributed by atoms with Gasteiger partial charge in [-0.2, -0.15) is 0 Å². The van der Waals surface area contributed by atoms with Gasteiger partial charge >= 0.3 is 0 Å². The molecule has 4 heteroatoms. The van der Waals surface area contributed by atoms with Gasteiger partial charge in [0.05, 0.1) is 12.6 Å². The molecule has 1 heterocycles. The summed E-state index contributed by atoms with van der Waals surface area (Å²) in [5, 5.41) is 13.5. The predicted octanol–water partition coefficient (Wildman–Crippen LogP) is 3.77. The van der Waals surface area contributed by atoms with Crippen LogP contribution in [-0.4, -0.2) is 22.6 Å². The summed E-state index contributed by atoms with van der Waals surface area (Å²) in [6.45, 7) is 4.36. The van der Waals surface area contributed by atoms with Crippen LogP contribution in [0.1, 0.15) is 34.3 Å². The van der Waals surface area contributed by atoms with Gasteiger partial charge in [0.1, 0.15) is 6.04 Å². The van der Waals surface area contributed by atoms with Gasteiger partial charge in [-0.25, -0.2) is 0 Å². The normalized spacial score (nSPS) is 20.2. The van der Waals surface area contributed by atoms with Crippen LogP contribution in [0.25, 0.3) is 0 Å². The van der Waals surface area contributed by atoms with Gasteiger partial charge in [0.2, 0.25) is 0 Å². The maximum atomic E-state index is 9.05. The van der Waals surface area contributed by atoms with Crippen LogP contribution in [0.4, 0.5) is 0 Å². The molecule has 0 saturated heterocycles.